The number of carbonyl (C=O) groups excluding carboxylic acids is 1. The molecule has 0 unspecified atom stereocenters. The molecule has 0 radical (unpaired) electrons. The summed E-state index contributed by atoms with van der Waals surface area (Å²) in [5.74, 6) is -1.82. The lowest BCUT2D eigenvalue weighted by Gasteiger charge is -2.29. The standard InChI is InChI=1S/C15H19NO6S/c1-22-14(17)10-11-3-2-4-13(9-11)23(20,21)16-7-5-12(6-8-16)15(18)19/h2-4,9,12H,5-8,10H2,1H3,(H,18,19). The summed E-state index contributed by atoms with van der Waals surface area (Å²) in [5, 5.41) is 8.98. The van der Waals surface area contributed by atoms with E-state index >= 15 is 0 Å². The van der Waals surface area contributed by atoms with Gasteiger partial charge in [-0.25, -0.2) is 8.42 Å². The number of carboxylic acid groups (broad SMARTS) is 1. The number of sulfonamides is 1. The van der Waals surface area contributed by atoms with Gasteiger partial charge in [0.15, 0.2) is 0 Å². The minimum atomic E-state index is -3.69. The van der Waals surface area contributed by atoms with E-state index in [1.807, 2.05) is 0 Å². The maximum absolute atomic E-state index is 12.6. The fraction of sp³-hybridized carbons (Fsp3) is 0.467. The molecule has 1 aliphatic heterocycles. The van der Waals surface area contributed by atoms with Crippen LogP contribution in [0.1, 0.15) is 18.4 Å². The number of nitrogens with zero attached hydrogens (tertiary/aromatic N) is 1. The Morgan fingerprint density at radius 2 is 1.96 bits per heavy atom. The van der Waals surface area contributed by atoms with Gasteiger partial charge in [0.25, 0.3) is 0 Å². The summed E-state index contributed by atoms with van der Waals surface area (Å²) < 4.78 is 31.1. The first-order valence-electron chi connectivity index (χ1n) is 7.23. The second kappa shape index (κ2) is 7.10. The topological polar surface area (TPSA) is 101 Å². The van der Waals surface area contributed by atoms with Gasteiger partial charge in [0, 0.05) is 13.1 Å². The number of benzene rings is 1. The summed E-state index contributed by atoms with van der Waals surface area (Å²) in [4.78, 5) is 22.4. The van der Waals surface area contributed by atoms with Crippen LogP contribution < -0.4 is 0 Å². The molecule has 126 valence electrons. The average molecular weight is 341 g/mol. The summed E-state index contributed by atoms with van der Waals surface area (Å²) in [6.07, 6.45) is 0.605. The van der Waals surface area contributed by atoms with Crippen molar-refractivity contribution in [2.45, 2.75) is 24.2 Å². The summed E-state index contributed by atoms with van der Waals surface area (Å²) in [5.41, 5.74) is 0.554. The summed E-state index contributed by atoms with van der Waals surface area (Å²) in [6.45, 7) is 0.362. The number of hydrogen-bond acceptors (Lipinski definition) is 5. The molecule has 1 aromatic rings. The Bertz CT molecular complexity index is 692. The largest absolute Gasteiger partial charge is 0.481 e. The van der Waals surface area contributed by atoms with E-state index in [4.69, 9.17) is 5.11 Å². The predicted molar refractivity (Wildman–Crippen MR) is 81.3 cm³/mol. The van der Waals surface area contributed by atoms with Crippen molar-refractivity contribution < 1.29 is 27.9 Å². The first-order valence-corrected chi connectivity index (χ1v) is 8.67. The second-order valence-electron chi connectivity index (χ2n) is 5.42. The van der Waals surface area contributed by atoms with Gasteiger partial charge in [0.1, 0.15) is 0 Å². The quantitative estimate of drug-likeness (QED) is 0.798. The number of carbonyl (C=O) groups is 2. The molecule has 1 heterocycles. The zero-order valence-electron chi connectivity index (χ0n) is 12.8. The minimum Gasteiger partial charge on any atom is -0.481 e. The van der Waals surface area contributed by atoms with E-state index in [0.717, 1.165) is 0 Å². The molecule has 1 saturated heterocycles. The number of methoxy groups -OCH3 is 1. The minimum absolute atomic E-state index is 0.000941. The van der Waals surface area contributed by atoms with Crippen molar-refractivity contribution in [1.29, 1.82) is 0 Å². The first kappa shape index (κ1) is 17.4. The summed E-state index contributed by atoms with van der Waals surface area (Å²) in [6, 6.07) is 6.16. The zero-order chi connectivity index (χ0) is 17.0. The molecule has 1 aliphatic rings. The fourth-order valence-corrected chi connectivity index (χ4v) is 4.09. The number of rotatable bonds is 5. The van der Waals surface area contributed by atoms with Crippen molar-refractivity contribution in [3.63, 3.8) is 0 Å². The molecular weight excluding hydrogens is 322 g/mol. The molecule has 0 atom stereocenters. The van der Waals surface area contributed by atoms with Crippen molar-refractivity contribution in [1.82, 2.24) is 4.31 Å². The molecule has 0 spiro atoms. The molecule has 0 aromatic heterocycles. The third kappa shape index (κ3) is 4.08. The smallest absolute Gasteiger partial charge is 0.309 e. The van der Waals surface area contributed by atoms with E-state index in [2.05, 4.69) is 4.74 Å². The van der Waals surface area contributed by atoms with E-state index in [9.17, 15) is 18.0 Å². The van der Waals surface area contributed by atoms with E-state index < -0.39 is 27.9 Å². The number of piperidine rings is 1. The Morgan fingerprint density at radius 3 is 2.52 bits per heavy atom. The van der Waals surface area contributed by atoms with Crippen LogP contribution in [0.5, 0.6) is 0 Å². The molecule has 0 amide bonds. The molecule has 0 aliphatic carbocycles. The molecule has 1 N–H and O–H groups in total. The first-order chi connectivity index (χ1) is 10.8. The molecule has 1 fully saturated rings. The van der Waals surface area contributed by atoms with Crippen molar-refractivity contribution in [3.05, 3.63) is 29.8 Å². The van der Waals surface area contributed by atoms with Crippen LogP contribution in [0.25, 0.3) is 0 Å². The lowest BCUT2D eigenvalue weighted by molar-refractivity contribution is -0.143. The summed E-state index contributed by atoms with van der Waals surface area (Å²) in [7, 11) is -2.41. The van der Waals surface area contributed by atoms with Crippen LogP contribution in [-0.4, -0.2) is 50.0 Å². The number of esters is 1. The highest BCUT2D eigenvalue weighted by Crippen LogP contribution is 2.24. The van der Waals surface area contributed by atoms with Gasteiger partial charge >= 0.3 is 11.9 Å². The molecule has 7 nitrogen and oxygen atoms in total. The van der Waals surface area contributed by atoms with Gasteiger partial charge in [0.05, 0.1) is 24.3 Å². The molecule has 23 heavy (non-hydrogen) atoms. The fourth-order valence-electron chi connectivity index (χ4n) is 2.55. The van der Waals surface area contributed by atoms with Crippen LogP contribution in [0.3, 0.4) is 0 Å². The van der Waals surface area contributed by atoms with E-state index in [1.54, 1.807) is 12.1 Å². The molecule has 0 bridgehead atoms. The molecule has 0 saturated carbocycles. The summed E-state index contributed by atoms with van der Waals surface area (Å²) >= 11 is 0. The maximum Gasteiger partial charge on any atom is 0.309 e. The van der Waals surface area contributed by atoms with Gasteiger partial charge in [0.2, 0.25) is 10.0 Å². The van der Waals surface area contributed by atoms with Crippen LogP contribution in [0.4, 0.5) is 0 Å². The van der Waals surface area contributed by atoms with Crippen LogP contribution in [0.2, 0.25) is 0 Å². The van der Waals surface area contributed by atoms with Crippen LogP contribution in [-0.2, 0) is 30.8 Å². The number of carboxylic acids is 1. The highest BCUT2D eigenvalue weighted by molar-refractivity contribution is 7.89. The van der Waals surface area contributed by atoms with Crippen LogP contribution in [0, 0.1) is 5.92 Å². The second-order valence-corrected chi connectivity index (χ2v) is 7.35. The van der Waals surface area contributed by atoms with Gasteiger partial charge < -0.3 is 9.84 Å². The highest BCUT2D eigenvalue weighted by atomic mass is 32.2. The van der Waals surface area contributed by atoms with Crippen LogP contribution in [0.15, 0.2) is 29.2 Å². The number of aliphatic carboxylic acids is 1. The van der Waals surface area contributed by atoms with E-state index in [1.165, 1.54) is 23.5 Å². The van der Waals surface area contributed by atoms with Crippen molar-refractivity contribution in [2.75, 3.05) is 20.2 Å². The lowest BCUT2D eigenvalue weighted by Crippen LogP contribution is -2.40. The molecule has 1 aromatic carbocycles. The van der Waals surface area contributed by atoms with Crippen molar-refractivity contribution >= 4 is 22.0 Å². The highest BCUT2D eigenvalue weighted by Gasteiger charge is 2.32. The van der Waals surface area contributed by atoms with Gasteiger partial charge in [-0.05, 0) is 30.5 Å². The maximum atomic E-state index is 12.6. The molecule has 2 rings (SSSR count). The van der Waals surface area contributed by atoms with Crippen molar-refractivity contribution in [3.8, 4) is 0 Å². The van der Waals surface area contributed by atoms with Crippen LogP contribution >= 0.6 is 0 Å². The third-order valence-electron chi connectivity index (χ3n) is 3.92. The van der Waals surface area contributed by atoms with Gasteiger partial charge in [-0.15, -0.1) is 0 Å². The molecular formula is C15H19NO6S. The van der Waals surface area contributed by atoms with Crippen molar-refractivity contribution in [2.24, 2.45) is 5.92 Å². The van der Waals surface area contributed by atoms with E-state index in [0.29, 0.717) is 18.4 Å². The van der Waals surface area contributed by atoms with E-state index in [-0.39, 0.29) is 24.4 Å². The normalized spacial score (nSPS) is 16.9. The SMILES string of the molecule is COC(=O)Cc1cccc(S(=O)(=O)N2CCC(C(=O)O)CC2)c1. The predicted octanol–water partition coefficient (Wildman–Crippen LogP) is 0.887. The van der Waals surface area contributed by atoms with Gasteiger partial charge in [-0.2, -0.15) is 4.31 Å². The Hall–Kier alpha value is -1.93. The van der Waals surface area contributed by atoms with Gasteiger partial charge in [-0.1, -0.05) is 12.1 Å². The Balaban J connectivity index is 2.15. The Labute approximate surface area is 134 Å². The number of hydrogen-bond donors (Lipinski definition) is 1. The Kier molecular flexibility index (Phi) is 5.38. The third-order valence-corrected chi connectivity index (χ3v) is 5.81. The molecule has 8 heteroatoms. The Morgan fingerprint density at radius 1 is 1.30 bits per heavy atom. The lowest BCUT2D eigenvalue weighted by atomic mass is 9.99. The monoisotopic (exact) mass is 341 g/mol. The zero-order valence-corrected chi connectivity index (χ0v) is 13.6. The average Bonchev–Trinajstić information content (AvgIpc) is 2.55. The number of ether oxygens (including phenoxy) is 1. The van der Waals surface area contributed by atoms with Gasteiger partial charge in [-0.3, -0.25) is 9.59 Å².